The van der Waals surface area contributed by atoms with Crippen LogP contribution >= 0.6 is 0 Å². The average molecular weight is 425 g/mol. The largest absolute Gasteiger partial charge is 0.508 e. The minimum Gasteiger partial charge on any atom is -0.508 e. The van der Waals surface area contributed by atoms with E-state index in [2.05, 4.69) is 71.0 Å². The van der Waals surface area contributed by atoms with E-state index in [-0.39, 0.29) is 5.75 Å². The Balaban J connectivity index is 1.43. The van der Waals surface area contributed by atoms with Crippen molar-refractivity contribution < 1.29 is 9.84 Å². The van der Waals surface area contributed by atoms with E-state index in [1.165, 1.54) is 11.1 Å². The molecule has 1 heterocycles. The molecule has 0 saturated heterocycles. The van der Waals surface area contributed by atoms with E-state index in [1.807, 2.05) is 30.3 Å². The van der Waals surface area contributed by atoms with Crippen molar-refractivity contribution in [3.05, 3.63) is 114 Å². The van der Waals surface area contributed by atoms with E-state index in [0.29, 0.717) is 18.3 Å². The molecular formula is C28H28N2O2. The zero-order valence-corrected chi connectivity index (χ0v) is 18.2. The molecule has 162 valence electrons. The van der Waals surface area contributed by atoms with Crippen molar-refractivity contribution in [3.8, 4) is 22.9 Å². The standard InChI is InChI=1S/C28H28N2O2/c1-32-28-14-8-13-26(30-28)23-15-16-27(31)24(19-23)20-29-18-17-25(21-9-4-2-5-10-21)22-11-6-3-7-12-22/h2-16,19,25,29,31H,17-18,20H2,1H3. The quantitative estimate of drug-likeness (QED) is 0.335. The van der Waals surface area contributed by atoms with Crippen LogP contribution in [0.3, 0.4) is 0 Å². The molecule has 0 radical (unpaired) electrons. The molecule has 0 atom stereocenters. The fraction of sp³-hybridized carbons (Fsp3) is 0.179. The van der Waals surface area contributed by atoms with Gasteiger partial charge in [-0.05, 0) is 48.4 Å². The summed E-state index contributed by atoms with van der Waals surface area (Å²) in [7, 11) is 1.61. The van der Waals surface area contributed by atoms with E-state index >= 15 is 0 Å². The van der Waals surface area contributed by atoms with E-state index in [1.54, 1.807) is 13.2 Å². The first-order valence-electron chi connectivity index (χ1n) is 10.9. The van der Waals surface area contributed by atoms with Gasteiger partial charge in [0.25, 0.3) is 0 Å². The van der Waals surface area contributed by atoms with Gasteiger partial charge >= 0.3 is 0 Å². The number of nitrogens with zero attached hydrogens (tertiary/aromatic N) is 1. The minimum absolute atomic E-state index is 0.284. The third-order valence-corrected chi connectivity index (χ3v) is 5.64. The maximum atomic E-state index is 10.4. The summed E-state index contributed by atoms with van der Waals surface area (Å²) < 4.78 is 5.23. The summed E-state index contributed by atoms with van der Waals surface area (Å²) in [6, 6.07) is 32.5. The molecule has 0 amide bonds. The molecule has 0 aliphatic carbocycles. The lowest BCUT2D eigenvalue weighted by atomic mass is 9.88. The molecule has 4 aromatic rings. The Morgan fingerprint density at radius 3 is 2.19 bits per heavy atom. The highest BCUT2D eigenvalue weighted by Crippen LogP contribution is 2.28. The van der Waals surface area contributed by atoms with Crippen LogP contribution in [0.5, 0.6) is 11.6 Å². The summed E-state index contributed by atoms with van der Waals surface area (Å²) in [6.45, 7) is 1.41. The number of phenolic OH excluding ortho intramolecular Hbond substituents is 1. The van der Waals surface area contributed by atoms with Crippen molar-refractivity contribution in [2.24, 2.45) is 0 Å². The lowest BCUT2D eigenvalue weighted by Crippen LogP contribution is -2.18. The highest BCUT2D eigenvalue weighted by molar-refractivity contribution is 5.62. The Kier molecular flexibility index (Phi) is 7.15. The van der Waals surface area contributed by atoms with Gasteiger partial charge in [0.15, 0.2) is 0 Å². The number of rotatable bonds is 9. The fourth-order valence-corrected chi connectivity index (χ4v) is 3.94. The Labute approximate surface area is 189 Å². The molecule has 0 saturated carbocycles. The highest BCUT2D eigenvalue weighted by atomic mass is 16.5. The van der Waals surface area contributed by atoms with Gasteiger partial charge in [0.1, 0.15) is 5.75 Å². The summed E-state index contributed by atoms with van der Waals surface area (Å²) in [5.74, 6) is 1.18. The number of hydrogen-bond donors (Lipinski definition) is 2. The monoisotopic (exact) mass is 424 g/mol. The Morgan fingerprint density at radius 2 is 1.53 bits per heavy atom. The van der Waals surface area contributed by atoms with Crippen molar-refractivity contribution in [3.63, 3.8) is 0 Å². The predicted octanol–water partition coefficient (Wildman–Crippen LogP) is 5.77. The number of aromatic nitrogens is 1. The van der Waals surface area contributed by atoms with Crippen molar-refractivity contribution in [1.82, 2.24) is 10.3 Å². The number of hydrogen-bond acceptors (Lipinski definition) is 4. The number of phenols is 1. The Morgan fingerprint density at radius 1 is 0.844 bits per heavy atom. The molecule has 32 heavy (non-hydrogen) atoms. The second-order valence-electron chi connectivity index (χ2n) is 7.75. The van der Waals surface area contributed by atoms with Crippen LogP contribution in [-0.4, -0.2) is 23.7 Å². The van der Waals surface area contributed by atoms with Crippen molar-refractivity contribution >= 4 is 0 Å². The van der Waals surface area contributed by atoms with Gasteiger partial charge in [-0.1, -0.05) is 66.7 Å². The van der Waals surface area contributed by atoms with Gasteiger partial charge in [-0.2, -0.15) is 0 Å². The zero-order chi connectivity index (χ0) is 22.2. The molecule has 1 aromatic heterocycles. The van der Waals surface area contributed by atoms with Crippen LogP contribution in [0.15, 0.2) is 97.1 Å². The van der Waals surface area contributed by atoms with Gasteiger partial charge in [0, 0.05) is 29.7 Å². The summed E-state index contributed by atoms with van der Waals surface area (Å²) in [5.41, 5.74) is 5.25. The van der Waals surface area contributed by atoms with Gasteiger partial charge in [0.2, 0.25) is 5.88 Å². The van der Waals surface area contributed by atoms with Crippen LogP contribution in [0, 0.1) is 0 Å². The predicted molar refractivity (Wildman–Crippen MR) is 129 cm³/mol. The second kappa shape index (κ2) is 10.6. The van der Waals surface area contributed by atoms with Gasteiger partial charge in [0.05, 0.1) is 12.8 Å². The highest BCUT2D eigenvalue weighted by Gasteiger charge is 2.13. The van der Waals surface area contributed by atoms with Gasteiger partial charge < -0.3 is 15.2 Å². The summed E-state index contributed by atoms with van der Waals surface area (Å²) in [4.78, 5) is 4.49. The summed E-state index contributed by atoms with van der Waals surface area (Å²) in [6.07, 6.45) is 0.964. The molecular weight excluding hydrogens is 396 g/mol. The Bertz CT molecular complexity index is 1090. The fourth-order valence-electron chi connectivity index (χ4n) is 3.94. The van der Waals surface area contributed by atoms with Crippen LogP contribution in [0.1, 0.15) is 29.0 Å². The van der Waals surface area contributed by atoms with Gasteiger partial charge in [-0.25, -0.2) is 4.98 Å². The van der Waals surface area contributed by atoms with Crippen LogP contribution in [0.2, 0.25) is 0 Å². The summed E-state index contributed by atoms with van der Waals surface area (Å²) in [5, 5.41) is 13.9. The van der Waals surface area contributed by atoms with Gasteiger partial charge in [-0.15, -0.1) is 0 Å². The molecule has 0 spiro atoms. The van der Waals surface area contributed by atoms with Crippen LogP contribution in [0.4, 0.5) is 0 Å². The Hall–Kier alpha value is -3.63. The van der Waals surface area contributed by atoms with Gasteiger partial charge in [-0.3, -0.25) is 0 Å². The number of methoxy groups -OCH3 is 1. The smallest absolute Gasteiger partial charge is 0.213 e. The van der Waals surface area contributed by atoms with E-state index in [9.17, 15) is 5.11 Å². The number of ether oxygens (including phenoxy) is 1. The molecule has 0 aliphatic rings. The van der Waals surface area contributed by atoms with Crippen LogP contribution in [-0.2, 0) is 6.54 Å². The summed E-state index contributed by atoms with van der Waals surface area (Å²) >= 11 is 0. The normalized spacial score (nSPS) is 10.9. The van der Waals surface area contributed by atoms with E-state index < -0.39 is 0 Å². The molecule has 0 aliphatic heterocycles. The zero-order valence-electron chi connectivity index (χ0n) is 18.2. The molecule has 4 nitrogen and oxygen atoms in total. The maximum Gasteiger partial charge on any atom is 0.213 e. The first-order valence-corrected chi connectivity index (χ1v) is 10.9. The van der Waals surface area contributed by atoms with Crippen LogP contribution < -0.4 is 10.1 Å². The first-order chi connectivity index (χ1) is 15.7. The molecule has 3 aromatic carbocycles. The van der Waals surface area contributed by atoms with Crippen molar-refractivity contribution in [2.75, 3.05) is 13.7 Å². The minimum atomic E-state index is 0.284. The molecule has 0 fully saturated rings. The third-order valence-electron chi connectivity index (χ3n) is 5.64. The lowest BCUT2D eigenvalue weighted by Gasteiger charge is -2.18. The van der Waals surface area contributed by atoms with E-state index in [0.717, 1.165) is 29.8 Å². The lowest BCUT2D eigenvalue weighted by molar-refractivity contribution is 0.398. The van der Waals surface area contributed by atoms with Crippen molar-refractivity contribution in [1.29, 1.82) is 0 Å². The molecule has 0 unspecified atom stereocenters. The van der Waals surface area contributed by atoms with Crippen molar-refractivity contribution in [2.45, 2.75) is 18.9 Å². The molecule has 4 heteroatoms. The second-order valence-corrected chi connectivity index (χ2v) is 7.75. The number of nitrogens with one attached hydrogen (secondary N) is 1. The molecule has 4 rings (SSSR count). The molecule has 2 N–H and O–H groups in total. The topological polar surface area (TPSA) is 54.4 Å². The number of benzene rings is 3. The molecule has 0 bridgehead atoms. The maximum absolute atomic E-state index is 10.4. The average Bonchev–Trinajstić information content (AvgIpc) is 2.86. The van der Waals surface area contributed by atoms with Crippen LogP contribution in [0.25, 0.3) is 11.3 Å². The number of aromatic hydroxyl groups is 1. The SMILES string of the molecule is COc1cccc(-c2ccc(O)c(CNCCC(c3ccccc3)c3ccccc3)c2)n1. The first kappa shape index (κ1) is 21.6. The third kappa shape index (κ3) is 5.34. The number of pyridine rings is 1. The van der Waals surface area contributed by atoms with E-state index in [4.69, 9.17) is 4.74 Å².